The van der Waals surface area contributed by atoms with Gasteiger partial charge in [0.1, 0.15) is 11.6 Å². The summed E-state index contributed by atoms with van der Waals surface area (Å²) in [4.78, 5) is 12.0. The molecule has 0 unspecified atom stereocenters. The Kier molecular flexibility index (Phi) is 4.55. The summed E-state index contributed by atoms with van der Waals surface area (Å²) < 4.78 is 0. The monoisotopic (exact) mass is 275 g/mol. The lowest BCUT2D eigenvalue weighted by Gasteiger charge is -2.35. The summed E-state index contributed by atoms with van der Waals surface area (Å²) >= 11 is 6.05. The predicted molar refractivity (Wildman–Crippen MR) is 69.4 cm³/mol. The van der Waals surface area contributed by atoms with Crippen LogP contribution < -0.4 is 5.73 Å². The fraction of sp³-hybridized carbons (Fsp3) is 0.417. The minimum atomic E-state index is -1.13. The van der Waals surface area contributed by atoms with Gasteiger partial charge in [-0.2, -0.15) is 0 Å². The van der Waals surface area contributed by atoms with Gasteiger partial charge in [-0.15, -0.1) is 12.4 Å². The van der Waals surface area contributed by atoms with E-state index in [0.717, 1.165) is 6.42 Å². The Morgan fingerprint density at radius 3 is 2.71 bits per heavy atom. The third-order valence-electron chi connectivity index (χ3n) is 3.15. The van der Waals surface area contributed by atoms with Crippen molar-refractivity contribution in [1.82, 2.24) is 0 Å². The van der Waals surface area contributed by atoms with E-state index < -0.39 is 11.6 Å². The van der Waals surface area contributed by atoms with Crippen molar-refractivity contribution in [2.45, 2.75) is 30.9 Å². The predicted octanol–water partition coefficient (Wildman–Crippen LogP) is 2.03. The molecule has 17 heavy (non-hydrogen) atoms. The molecule has 1 aliphatic carbocycles. The minimum absolute atomic E-state index is 0. The van der Waals surface area contributed by atoms with Crippen LogP contribution in [0.2, 0.25) is 5.02 Å². The van der Waals surface area contributed by atoms with Crippen LogP contribution in [0, 0.1) is 0 Å². The molecule has 5 heteroatoms. The first-order valence-electron chi connectivity index (χ1n) is 5.32. The Bertz CT molecular complexity index is 425. The second-order valence-corrected chi connectivity index (χ2v) is 4.63. The molecule has 1 saturated carbocycles. The Hall–Kier alpha value is -0.610. The van der Waals surface area contributed by atoms with Crippen LogP contribution in [0.3, 0.4) is 0 Å². The van der Waals surface area contributed by atoms with Crippen LogP contribution in [-0.2, 0) is 10.3 Å². The Balaban J connectivity index is 0.00000144. The number of benzene rings is 1. The maximum absolute atomic E-state index is 12.0. The van der Waals surface area contributed by atoms with Gasteiger partial charge in [-0.1, -0.05) is 29.8 Å². The van der Waals surface area contributed by atoms with E-state index in [1.54, 1.807) is 24.3 Å². The number of ketones is 1. The van der Waals surface area contributed by atoms with E-state index in [-0.39, 0.29) is 18.2 Å². The molecular formula is C12H15Cl2NO2. The average molecular weight is 276 g/mol. The summed E-state index contributed by atoms with van der Waals surface area (Å²) in [5.74, 6) is -0.327. The fourth-order valence-electron chi connectivity index (χ4n) is 2.22. The number of carbonyl (C=O) groups excluding carboxylic acids is 1. The Morgan fingerprint density at radius 2 is 2.06 bits per heavy atom. The van der Waals surface area contributed by atoms with Crippen LogP contribution >= 0.6 is 24.0 Å². The number of carbonyl (C=O) groups is 1. The van der Waals surface area contributed by atoms with Gasteiger partial charge in [-0.05, 0) is 30.9 Å². The molecule has 1 aliphatic rings. The quantitative estimate of drug-likeness (QED) is 0.825. The van der Waals surface area contributed by atoms with Crippen molar-refractivity contribution >= 4 is 29.8 Å². The standard InChI is InChI=1S/C12H14ClNO2.ClH/c13-9-5-2-1-4-8(9)12(14)7-3-6-10(15)11(12)16;/h1-2,4-5,10,15H,3,6-7,14H2;1H/t10-,12+;/m1./s1. The zero-order valence-corrected chi connectivity index (χ0v) is 10.8. The van der Waals surface area contributed by atoms with Gasteiger partial charge in [0.2, 0.25) is 0 Å². The molecule has 1 aromatic rings. The molecule has 94 valence electrons. The van der Waals surface area contributed by atoms with E-state index in [9.17, 15) is 9.90 Å². The van der Waals surface area contributed by atoms with Crippen molar-refractivity contribution in [3.63, 3.8) is 0 Å². The molecule has 0 amide bonds. The number of aliphatic hydroxyl groups is 1. The number of Topliss-reactive ketones (excluding diaryl/α,β-unsaturated/α-hetero) is 1. The van der Waals surface area contributed by atoms with Crippen molar-refractivity contribution in [2.75, 3.05) is 0 Å². The van der Waals surface area contributed by atoms with Gasteiger partial charge >= 0.3 is 0 Å². The van der Waals surface area contributed by atoms with Gasteiger partial charge in [0.15, 0.2) is 5.78 Å². The summed E-state index contributed by atoms with van der Waals surface area (Å²) in [6.07, 6.45) is 0.791. The minimum Gasteiger partial charge on any atom is -0.385 e. The molecule has 2 rings (SSSR count). The molecule has 1 fully saturated rings. The molecule has 0 spiro atoms. The maximum atomic E-state index is 12.0. The smallest absolute Gasteiger partial charge is 0.185 e. The number of aliphatic hydroxyl groups excluding tert-OH is 1. The Morgan fingerprint density at radius 1 is 1.41 bits per heavy atom. The third kappa shape index (κ3) is 2.47. The highest BCUT2D eigenvalue weighted by Gasteiger charge is 2.43. The van der Waals surface area contributed by atoms with Crippen LogP contribution in [0.5, 0.6) is 0 Å². The number of hydrogen-bond donors (Lipinski definition) is 2. The van der Waals surface area contributed by atoms with E-state index in [4.69, 9.17) is 17.3 Å². The largest absolute Gasteiger partial charge is 0.385 e. The number of halogens is 2. The molecule has 0 aliphatic heterocycles. The summed E-state index contributed by atoms with van der Waals surface area (Å²) in [7, 11) is 0. The molecule has 3 nitrogen and oxygen atoms in total. The molecule has 0 bridgehead atoms. The third-order valence-corrected chi connectivity index (χ3v) is 3.48. The van der Waals surface area contributed by atoms with E-state index >= 15 is 0 Å². The van der Waals surface area contributed by atoms with Gasteiger partial charge in [0.25, 0.3) is 0 Å². The van der Waals surface area contributed by atoms with E-state index in [1.807, 2.05) is 0 Å². The van der Waals surface area contributed by atoms with E-state index in [1.165, 1.54) is 0 Å². The van der Waals surface area contributed by atoms with Crippen molar-refractivity contribution in [2.24, 2.45) is 5.73 Å². The molecule has 2 atom stereocenters. The number of hydrogen-bond acceptors (Lipinski definition) is 3. The lowest BCUT2D eigenvalue weighted by molar-refractivity contribution is -0.136. The van der Waals surface area contributed by atoms with Crippen LogP contribution in [0.15, 0.2) is 24.3 Å². The van der Waals surface area contributed by atoms with Crippen LogP contribution in [0.1, 0.15) is 24.8 Å². The summed E-state index contributed by atoms with van der Waals surface area (Å²) in [5, 5.41) is 10.1. The van der Waals surface area contributed by atoms with Gasteiger partial charge in [0.05, 0.1) is 0 Å². The molecule has 0 aromatic heterocycles. The topological polar surface area (TPSA) is 63.3 Å². The van der Waals surface area contributed by atoms with Gasteiger partial charge < -0.3 is 10.8 Å². The Labute approximate surface area is 111 Å². The molecule has 0 heterocycles. The molecule has 3 N–H and O–H groups in total. The van der Waals surface area contributed by atoms with Crippen molar-refractivity contribution in [1.29, 1.82) is 0 Å². The van der Waals surface area contributed by atoms with Crippen molar-refractivity contribution < 1.29 is 9.90 Å². The molecule has 0 radical (unpaired) electrons. The number of nitrogens with two attached hydrogens (primary N) is 1. The van der Waals surface area contributed by atoms with Crippen LogP contribution in [-0.4, -0.2) is 17.0 Å². The highest BCUT2D eigenvalue weighted by Crippen LogP contribution is 2.35. The van der Waals surface area contributed by atoms with Gasteiger partial charge in [0, 0.05) is 5.02 Å². The normalized spacial score (nSPS) is 28.6. The maximum Gasteiger partial charge on any atom is 0.185 e. The first kappa shape index (κ1) is 14.5. The highest BCUT2D eigenvalue weighted by atomic mass is 35.5. The zero-order chi connectivity index (χ0) is 11.8. The average Bonchev–Trinajstić information content (AvgIpc) is 2.26. The fourth-order valence-corrected chi connectivity index (χ4v) is 2.52. The first-order chi connectivity index (χ1) is 7.55. The van der Waals surface area contributed by atoms with Crippen LogP contribution in [0.25, 0.3) is 0 Å². The van der Waals surface area contributed by atoms with E-state index in [2.05, 4.69) is 0 Å². The van der Waals surface area contributed by atoms with E-state index in [0.29, 0.717) is 23.4 Å². The van der Waals surface area contributed by atoms with Crippen molar-refractivity contribution in [3.05, 3.63) is 34.9 Å². The molecular weight excluding hydrogens is 261 g/mol. The first-order valence-corrected chi connectivity index (χ1v) is 5.70. The van der Waals surface area contributed by atoms with Crippen molar-refractivity contribution in [3.8, 4) is 0 Å². The summed E-state index contributed by atoms with van der Waals surface area (Å²) in [5.41, 5.74) is 5.60. The highest BCUT2D eigenvalue weighted by molar-refractivity contribution is 6.31. The second-order valence-electron chi connectivity index (χ2n) is 4.22. The van der Waals surface area contributed by atoms with Crippen LogP contribution in [0.4, 0.5) is 0 Å². The summed E-state index contributed by atoms with van der Waals surface area (Å²) in [6, 6.07) is 7.04. The molecule has 1 aromatic carbocycles. The SMILES string of the molecule is Cl.N[C@]1(c2ccccc2Cl)CCC[C@@H](O)C1=O. The second kappa shape index (κ2) is 5.36. The zero-order valence-electron chi connectivity index (χ0n) is 9.23. The lowest BCUT2D eigenvalue weighted by Crippen LogP contribution is -2.52. The van der Waals surface area contributed by atoms with Gasteiger partial charge in [-0.3, -0.25) is 4.79 Å². The number of rotatable bonds is 1. The van der Waals surface area contributed by atoms with Gasteiger partial charge in [-0.25, -0.2) is 0 Å². The summed E-state index contributed by atoms with van der Waals surface area (Å²) in [6.45, 7) is 0. The lowest BCUT2D eigenvalue weighted by atomic mass is 9.75. The molecule has 0 saturated heterocycles.